The second kappa shape index (κ2) is 7.15. The molecule has 1 aliphatic heterocycles. The number of hydrogen-bond donors (Lipinski definition) is 1. The van der Waals surface area contributed by atoms with Crippen molar-refractivity contribution in [2.45, 2.75) is 19.3 Å². The van der Waals surface area contributed by atoms with Crippen LogP contribution in [0.1, 0.15) is 18.7 Å². The van der Waals surface area contributed by atoms with Gasteiger partial charge in [0.15, 0.2) is 11.7 Å². The number of amides is 1. The molecule has 1 aromatic carbocycles. The summed E-state index contributed by atoms with van der Waals surface area (Å²) in [6.07, 6.45) is 3.55. The molecule has 1 atom stereocenters. The SMILES string of the molecule is NCC1CCN(C(=O)CCc2ncc(-c3ccccc3Cl)o2)C1. The average molecular weight is 334 g/mol. The van der Waals surface area contributed by atoms with Gasteiger partial charge in [0.25, 0.3) is 0 Å². The lowest BCUT2D eigenvalue weighted by atomic mass is 10.1. The average Bonchev–Trinajstić information content (AvgIpc) is 3.22. The minimum absolute atomic E-state index is 0.137. The van der Waals surface area contributed by atoms with Crippen molar-refractivity contribution in [1.82, 2.24) is 9.88 Å². The Morgan fingerprint density at radius 2 is 2.26 bits per heavy atom. The van der Waals surface area contributed by atoms with E-state index in [9.17, 15) is 4.79 Å². The van der Waals surface area contributed by atoms with Gasteiger partial charge in [-0.1, -0.05) is 23.7 Å². The summed E-state index contributed by atoms with van der Waals surface area (Å²) in [7, 11) is 0. The lowest BCUT2D eigenvalue weighted by molar-refractivity contribution is -0.130. The Balaban J connectivity index is 1.58. The van der Waals surface area contributed by atoms with Gasteiger partial charge in [0, 0.05) is 31.5 Å². The smallest absolute Gasteiger partial charge is 0.223 e. The molecule has 2 heterocycles. The van der Waals surface area contributed by atoms with Gasteiger partial charge in [0.2, 0.25) is 5.91 Å². The molecule has 2 N–H and O–H groups in total. The zero-order valence-corrected chi connectivity index (χ0v) is 13.6. The Kier molecular flexibility index (Phi) is 4.98. The summed E-state index contributed by atoms with van der Waals surface area (Å²) in [5.41, 5.74) is 6.47. The lowest BCUT2D eigenvalue weighted by Crippen LogP contribution is -2.30. The second-order valence-electron chi connectivity index (χ2n) is 5.83. The number of aryl methyl sites for hydroxylation is 1. The Morgan fingerprint density at radius 1 is 1.43 bits per heavy atom. The summed E-state index contributed by atoms with van der Waals surface area (Å²) in [6, 6.07) is 7.46. The molecule has 6 heteroatoms. The van der Waals surface area contributed by atoms with E-state index >= 15 is 0 Å². The zero-order valence-electron chi connectivity index (χ0n) is 12.9. The van der Waals surface area contributed by atoms with Crippen LogP contribution in [0.2, 0.25) is 5.02 Å². The van der Waals surface area contributed by atoms with Crippen molar-refractivity contribution in [2.75, 3.05) is 19.6 Å². The minimum atomic E-state index is 0.137. The number of aromatic nitrogens is 1. The van der Waals surface area contributed by atoms with Crippen molar-refractivity contribution in [3.8, 4) is 11.3 Å². The van der Waals surface area contributed by atoms with Gasteiger partial charge in [0.1, 0.15) is 0 Å². The van der Waals surface area contributed by atoms with E-state index in [1.54, 1.807) is 6.20 Å². The van der Waals surface area contributed by atoms with E-state index in [0.29, 0.717) is 42.0 Å². The predicted molar refractivity (Wildman–Crippen MR) is 89.0 cm³/mol. The van der Waals surface area contributed by atoms with Crippen molar-refractivity contribution in [3.05, 3.63) is 41.4 Å². The van der Waals surface area contributed by atoms with Crippen LogP contribution >= 0.6 is 11.6 Å². The molecule has 122 valence electrons. The first-order chi connectivity index (χ1) is 11.2. The van der Waals surface area contributed by atoms with Gasteiger partial charge in [-0.15, -0.1) is 0 Å². The molecule has 0 bridgehead atoms. The second-order valence-corrected chi connectivity index (χ2v) is 6.24. The molecule has 1 aliphatic rings. The molecule has 0 aliphatic carbocycles. The Hall–Kier alpha value is -1.85. The summed E-state index contributed by atoms with van der Waals surface area (Å²) >= 11 is 6.15. The van der Waals surface area contributed by atoms with Gasteiger partial charge in [-0.2, -0.15) is 0 Å². The third-order valence-electron chi connectivity index (χ3n) is 4.22. The molecule has 3 rings (SSSR count). The maximum atomic E-state index is 12.2. The zero-order chi connectivity index (χ0) is 16.2. The quantitative estimate of drug-likeness (QED) is 0.913. The molecule has 1 aromatic heterocycles. The van der Waals surface area contributed by atoms with Crippen molar-refractivity contribution >= 4 is 17.5 Å². The first kappa shape index (κ1) is 16.0. The Morgan fingerprint density at radius 3 is 3.00 bits per heavy atom. The number of likely N-dealkylation sites (tertiary alicyclic amines) is 1. The standard InChI is InChI=1S/C17H20ClN3O2/c18-14-4-2-1-3-13(14)15-10-20-16(23-15)5-6-17(22)21-8-7-12(9-19)11-21/h1-4,10,12H,5-9,11,19H2. The topological polar surface area (TPSA) is 72.4 Å². The fourth-order valence-electron chi connectivity index (χ4n) is 2.83. The molecule has 1 fully saturated rings. The van der Waals surface area contributed by atoms with Crippen molar-refractivity contribution in [1.29, 1.82) is 0 Å². The molecule has 23 heavy (non-hydrogen) atoms. The van der Waals surface area contributed by atoms with Crippen LogP contribution in [0.3, 0.4) is 0 Å². The van der Waals surface area contributed by atoms with Gasteiger partial charge < -0.3 is 15.1 Å². The number of oxazole rings is 1. The largest absolute Gasteiger partial charge is 0.441 e. The van der Waals surface area contributed by atoms with Crippen LogP contribution < -0.4 is 5.73 Å². The van der Waals surface area contributed by atoms with Crippen molar-refractivity contribution in [3.63, 3.8) is 0 Å². The molecular formula is C17H20ClN3O2. The molecule has 0 radical (unpaired) electrons. The van der Waals surface area contributed by atoms with E-state index in [2.05, 4.69) is 4.98 Å². The molecule has 1 unspecified atom stereocenters. The first-order valence-corrected chi connectivity index (χ1v) is 8.22. The summed E-state index contributed by atoms with van der Waals surface area (Å²) < 4.78 is 5.72. The highest BCUT2D eigenvalue weighted by molar-refractivity contribution is 6.33. The third kappa shape index (κ3) is 3.74. The predicted octanol–water partition coefficient (Wildman–Crippen LogP) is 2.73. The van der Waals surface area contributed by atoms with E-state index < -0.39 is 0 Å². The highest BCUT2D eigenvalue weighted by atomic mass is 35.5. The Labute approximate surface area is 140 Å². The van der Waals surface area contributed by atoms with Crippen LogP contribution in [0.15, 0.2) is 34.9 Å². The van der Waals surface area contributed by atoms with Crippen LogP contribution in [0.5, 0.6) is 0 Å². The third-order valence-corrected chi connectivity index (χ3v) is 4.55. The van der Waals surface area contributed by atoms with Gasteiger partial charge >= 0.3 is 0 Å². The number of nitrogens with two attached hydrogens (primary N) is 1. The number of hydrogen-bond acceptors (Lipinski definition) is 4. The molecule has 0 spiro atoms. The van der Waals surface area contributed by atoms with Gasteiger partial charge in [-0.25, -0.2) is 4.98 Å². The lowest BCUT2D eigenvalue weighted by Gasteiger charge is -2.15. The molecule has 1 amide bonds. The number of nitrogens with zero attached hydrogens (tertiary/aromatic N) is 2. The number of halogens is 1. The maximum Gasteiger partial charge on any atom is 0.223 e. The van der Waals surface area contributed by atoms with Crippen LogP contribution in [-0.4, -0.2) is 35.4 Å². The molecule has 2 aromatic rings. The van der Waals surface area contributed by atoms with Gasteiger partial charge in [0.05, 0.1) is 11.2 Å². The van der Waals surface area contributed by atoms with Gasteiger partial charge in [-0.3, -0.25) is 4.79 Å². The minimum Gasteiger partial charge on any atom is -0.441 e. The maximum absolute atomic E-state index is 12.2. The summed E-state index contributed by atoms with van der Waals surface area (Å²) in [5.74, 6) is 1.76. The van der Waals surface area contributed by atoms with E-state index in [1.165, 1.54) is 0 Å². The van der Waals surface area contributed by atoms with Gasteiger partial charge in [-0.05, 0) is 31.0 Å². The molecule has 5 nitrogen and oxygen atoms in total. The molecular weight excluding hydrogens is 314 g/mol. The monoisotopic (exact) mass is 333 g/mol. The first-order valence-electron chi connectivity index (χ1n) is 7.85. The fourth-order valence-corrected chi connectivity index (χ4v) is 3.06. The fraction of sp³-hybridized carbons (Fsp3) is 0.412. The highest BCUT2D eigenvalue weighted by Crippen LogP contribution is 2.28. The van der Waals surface area contributed by atoms with E-state index in [0.717, 1.165) is 25.1 Å². The van der Waals surface area contributed by atoms with E-state index in [-0.39, 0.29) is 5.91 Å². The Bertz CT molecular complexity index is 686. The van der Waals surface area contributed by atoms with E-state index in [4.69, 9.17) is 21.8 Å². The summed E-state index contributed by atoms with van der Waals surface area (Å²) in [5, 5.41) is 0.621. The van der Waals surface area contributed by atoms with Crippen LogP contribution in [0, 0.1) is 5.92 Å². The van der Waals surface area contributed by atoms with Crippen LogP contribution in [-0.2, 0) is 11.2 Å². The van der Waals surface area contributed by atoms with Crippen molar-refractivity contribution in [2.24, 2.45) is 11.7 Å². The summed E-state index contributed by atoms with van der Waals surface area (Å²) in [6.45, 7) is 2.22. The highest BCUT2D eigenvalue weighted by Gasteiger charge is 2.25. The number of carbonyl (C=O) groups is 1. The summed E-state index contributed by atoms with van der Waals surface area (Å²) in [4.78, 5) is 18.3. The molecule has 0 saturated carbocycles. The number of benzene rings is 1. The normalized spacial score (nSPS) is 17.7. The van der Waals surface area contributed by atoms with Crippen LogP contribution in [0.25, 0.3) is 11.3 Å². The van der Waals surface area contributed by atoms with E-state index in [1.807, 2.05) is 29.2 Å². The number of rotatable bonds is 5. The van der Waals surface area contributed by atoms with Crippen molar-refractivity contribution < 1.29 is 9.21 Å². The number of carbonyl (C=O) groups excluding carboxylic acids is 1. The molecule has 1 saturated heterocycles. The van der Waals surface area contributed by atoms with Crippen LogP contribution in [0.4, 0.5) is 0 Å².